The van der Waals surface area contributed by atoms with Crippen LogP contribution in [0.2, 0.25) is 0 Å². The third kappa shape index (κ3) is 3.32. The van der Waals surface area contributed by atoms with Crippen LogP contribution in [-0.2, 0) is 9.53 Å². The van der Waals surface area contributed by atoms with Crippen molar-refractivity contribution in [2.75, 3.05) is 7.11 Å². The Balaban J connectivity index is 2.63. The molecule has 0 aliphatic carbocycles. The summed E-state index contributed by atoms with van der Waals surface area (Å²) in [7, 11) is 1.34. The molecule has 126 valence electrons. The number of ketones is 1. The van der Waals surface area contributed by atoms with E-state index in [9.17, 15) is 9.59 Å². The summed E-state index contributed by atoms with van der Waals surface area (Å²) < 4.78 is 10.7. The van der Waals surface area contributed by atoms with Crippen LogP contribution in [0.5, 0.6) is 0 Å². The summed E-state index contributed by atoms with van der Waals surface area (Å²) in [5.74, 6) is -1.03. The van der Waals surface area contributed by atoms with Crippen molar-refractivity contribution < 1.29 is 18.7 Å². The average Bonchev–Trinajstić information content (AvgIpc) is 3.00. The Bertz CT molecular complexity index is 808. The van der Waals surface area contributed by atoms with Gasteiger partial charge in [0, 0.05) is 16.5 Å². The zero-order valence-corrected chi connectivity index (χ0v) is 14.5. The minimum Gasteiger partial charge on any atom is -0.469 e. The van der Waals surface area contributed by atoms with Crippen LogP contribution in [0, 0.1) is 0 Å². The third-order valence-corrected chi connectivity index (χ3v) is 3.93. The van der Waals surface area contributed by atoms with E-state index in [0.717, 1.165) is 11.8 Å². The summed E-state index contributed by atoms with van der Waals surface area (Å²) in [5, 5.41) is 0.758. The molecule has 1 aromatic carbocycles. The van der Waals surface area contributed by atoms with Gasteiger partial charge in [-0.25, -0.2) is 0 Å². The first-order valence-corrected chi connectivity index (χ1v) is 8.01. The van der Waals surface area contributed by atoms with Crippen molar-refractivity contribution in [3.63, 3.8) is 0 Å². The number of carbonyl (C=O) groups excluding carboxylic acids is 2. The first-order chi connectivity index (χ1) is 11.5. The minimum absolute atomic E-state index is 0.197. The van der Waals surface area contributed by atoms with E-state index in [4.69, 9.17) is 9.15 Å². The number of para-hydroxylation sites is 1. The predicted molar refractivity (Wildman–Crippen MR) is 94.2 cm³/mol. The molecule has 1 atom stereocenters. The molecule has 1 unspecified atom stereocenters. The lowest BCUT2D eigenvalue weighted by Crippen LogP contribution is -2.14. The molecule has 0 saturated heterocycles. The van der Waals surface area contributed by atoms with Crippen molar-refractivity contribution in [2.45, 2.75) is 33.1 Å². The molecule has 0 radical (unpaired) electrons. The number of benzene rings is 1. The highest BCUT2D eigenvalue weighted by atomic mass is 16.5. The van der Waals surface area contributed by atoms with Gasteiger partial charge in [-0.05, 0) is 26.3 Å². The third-order valence-electron chi connectivity index (χ3n) is 3.93. The number of methoxy groups -OCH3 is 1. The zero-order chi connectivity index (χ0) is 17.7. The molecule has 0 aliphatic heterocycles. The molecule has 24 heavy (non-hydrogen) atoms. The van der Waals surface area contributed by atoms with Gasteiger partial charge in [0.25, 0.3) is 0 Å². The molecule has 4 nitrogen and oxygen atoms in total. The quantitative estimate of drug-likeness (QED) is 0.331. The van der Waals surface area contributed by atoms with Crippen molar-refractivity contribution in [1.29, 1.82) is 0 Å². The molecule has 2 aromatic rings. The second-order valence-electron chi connectivity index (χ2n) is 5.47. The maximum absolute atomic E-state index is 12.9. The number of rotatable bonds is 6. The van der Waals surface area contributed by atoms with E-state index in [2.05, 4.69) is 0 Å². The zero-order valence-electron chi connectivity index (χ0n) is 14.5. The molecule has 0 bridgehead atoms. The number of esters is 1. The lowest BCUT2D eigenvalue weighted by atomic mass is 9.94. The number of carbonyl (C=O) groups is 2. The Hall–Kier alpha value is -2.62. The summed E-state index contributed by atoms with van der Waals surface area (Å²) in [6.45, 7) is 5.52. The summed E-state index contributed by atoms with van der Waals surface area (Å²) in [6.07, 6.45) is 6.27. The monoisotopic (exact) mass is 326 g/mol. The molecular formula is C20H22O4. The molecular weight excluding hydrogens is 304 g/mol. The summed E-state index contributed by atoms with van der Waals surface area (Å²) in [5.41, 5.74) is 1.70. The van der Waals surface area contributed by atoms with Crippen LogP contribution in [0.15, 0.2) is 52.5 Å². The van der Waals surface area contributed by atoms with Gasteiger partial charge >= 0.3 is 5.97 Å². The van der Waals surface area contributed by atoms with Crippen LogP contribution in [0.25, 0.3) is 11.0 Å². The van der Waals surface area contributed by atoms with E-state index < -0.39 is 11.9 Å². The van der Waals surface area contributed by atoms with Gasteiger partial charge in [0.2, 0.25) is 5.78 Å². The summed E-state index contributed by atoms with van der Waals surface area (Å²) in [6, 6.07) is 7.33. The van der Waals surface area contributed by atoms with Crippen LogP contribution in [0.4, 0.5) is 0 Å². The van der Waals surface area contributed by atoms with Crippen LogP contribution >= 0.6 is 0 Å². The number of furan rings is 1. The lowest BCUT2D eigenvalue weighted by molar-refractivity contribution is -0.141. The first-order valence-electron chi connectivity index (χ1n) is 8.01. The van der Waals surface area contributed by atoms with Crippen LogP contribution in [-0.4, -0.2) is 18.9 Å². The van der Waals surface area contributed by atoms with Gasteiger partial charge in [0.05, 0.1) is 13.0 Å². The Labute approximate surface area is 141 Å². The van der Waals surface area contributed by atoms with Crippen LogP contribution in [0.3, 0.4) is 0 Å². The van der Waals surface area contributed by atoms with Gasteiger partial charge in [0.1, 0.15) is 5.58 Å². The molecule has 0 fully saturated rings. The maximum Gasteiger partial charge on any atom is 0.313 e. The van der Waals surface area contributed by atoms with Crippen molar-refractivity contribution in [3.05, 3.63) is 59.4 Å². The molecule has 0 saturated carbocycles. The fourth-order valence-electron chi connectivity index (χ4n) is 2.64. The van der Waals surface area contributed by atoms with E-state index in [1.54, 1.807) is 32.1 Å². The number of fused-ring (bicyclic) bond motifs is 1. The second-order valence-corrected chi connectivity index (χ2v) is 5.47. The molecule has 0 aliphatic rings. The van der Waals surface area contributed by atoms with Gasteiger partial charge < -0.3 is 9.15 Å². The number of hydrogen-bond donors (Lipinski definition) is 0. The van der Waals surface area contributed by atoms with Crippen molar-refractivity contribution in [1.82, 2.24) is 0 Å². The number of hydrogen-bond acceptors (Lipinski definition) is 4. The molecule has 4 heteroatoms. The topological polar surface area (TPSA) is 56.5 Å². The average molecular weight is 326 g/mol. The number of Topliss-reactive ketones (excluding diaryl/α,β-unsaturated/α-hetero) is 1. The number of ether oxygens (including phenoxy) is 1. The maximum atomic E-state index is 12.9. The Morgan fingerprint density at radius 3 is 2.62 bits per heavy atom. The summed E-state index contributed by atoms with van der Waals surface area (Å²) >= 11 is 0. The molecule has 0 N–H and O–H groups in total. The normalized spacial score (nSPS) is 13.4. The molecule has 1 aromatic heterocycles. The molecule has 2 rings (SSSR count). The largest absolute Gasteiger partial charge is 0.469 e. The van der Waals surface area contributed by atoms with Gasteiger partial charge in [-0.15, -0.1) is 0 Å². The highest BCUT2D eigenvalue weighted by Gasteiger charge is 2.29. The van der Waals surface area contributed by atoms with Crippen LogP contribution < -0.4 is 0 Å². The lowest BCUT2D eigenvalue weighted by Gasteiger charge is -2.10. The van der Waals surface area contributed by atoms with E-state index >= 15 is 0 Å². The van der Waals surface area contributed by atoms with Crippen molar-refractivity contribution in [3.8, 4) is 0 Å². The van der Waals surface area contributed by atoms with E-state index in [1.807, 2.05) is 31.2 Å². The Morgan fingerprint density at radius 1 is 1.29 bits per heavy atom. The fourth-order valence-corrected chi connectivity index (χ4v) is 2.64. The number of allylic oxidation sites excluding steroid dienone is 4. The van der Waals surface area contributed by atoms with Crippen molar-refractivity contribution >= 4 is 22.7 Å². The van der Waals surface area contributed by atoms with Crippen molar-refractivity contribution in [2.24, 2.45) is 0 Å². The first kappa shape index (κ1) is 17.7. The van der Waals surface area contributed by atoms with Gasteiger partial charge in [-0.3, -0.25) is 9.59 Å². The van der Waals surface area contributed by atoms with E-state index in [0.29, 0.717) is 16.7 Å². The summed E-state index contributed by atoms with van der Waals surface area (Å²) in [4.78, 5) is 25.0. The van der Waals surface area contributed by atoms with Gasteiger partial charge in [-0.1, -0.05) is 43.4 Å². The molecule has 0 spiro atoms. The second kappa shape index (κ2) is 7.77. The highest BCUT2D eigenvalue weighted by molar-refractivity contribution is 6.12. The predicted octanol–water partition coefficient (Wildman–Crippen LogP) is 4.80. The van der Waals surface area contributed by atoms with Gasteiger partial charge in [-0.2, -0.15) is 0 Å². The molecule has 1 heterocycles. The SMILES string of the molecule is CC=C(C=CCC)C(=O)c1oc2ccccc2c1C(C)C(=O)OC. The fraction of sp³-hybridized carbons (Fsp3) is 0.300. The Morgan fingerprint density at radius 2 is 2.00 bits per heavy atom. The van der Waals surface area contributed by atoms with E-state index in [1.165, 1.54) is 7.11 Å². The van der Waals surface area contributed by atoms with Gasteiger partial charge in [0.15, 0.2) is 5.76 Å². The smallest absolute Gasteiger partial charge is 0.313 e. The Kier molecular flexibility index (Phi) is 5.74. The minimum atomic E-state index is -0.592. The standard InChI is InChI=1S/C20H22O4/c1-5-7-10-14(6-2)18(21)19-17(13(3)20(22)23-4)15-11-8-9-12-16(15)24-19/h6-13H,5H2,1-4H3. The highest BCUT2D eigenvalue weighted by Crippen LogP contribution is 2.34. The van der Waals surface area contributed by atoms with E-state index in [-0.39, 0.29) is 11.5 Å². The molecule has 0 amide bonds. The van der Waals surface area contributed by atoms with Crippen LogP contribution in [0.1, 0.15) is 49.2 Å².